The molecule has 1 aliphatic rings. The monoisotopic (exact) mass is 203 g/mol. The Labute approximate surface area is 87.3 Å². The van der Waals surface area contributed by atoms with Crippen LogP contribution in [0, 0.1) is 5.41 Å². The van der Waals surface area contributed by atoms with E-state index in [0.717, 1.165) is 17.9 Å². The molecule has 5 heteroatoms. The summed E-state index contributed by atoms with van der Waals surface area (Å²) in [6.45, 7) is 3.25. The van der Waals surface area contributed by atoms with Crippen LogP contribution >= 0.6 is 0 Å². The first-order chi connectivity index (χ1) is 7.27. The van der Waals surface area contributed by atoms with Gasteiger partial charge in [0.1, 0.15) is 11.8 Å². The molecule has 0 aromatic carbocycles. The molecule has 5 nitrogen and oxygen atoms in total. The topological polar surface area (TPSA) is 66.5 Å². The van der Waals surface area contributed by atoms with Gasteiger partial charge >= 0.3 is 0 Å². The van der Waals surface area contributed by atoms with Crippen molar-refractivity contribution in [1.29, 1.82) is 0 Å². The van der Waals surface area contributed by atoms with Crippen molar-refractivity contribution in [2.75, 3.05) is 11.9 Å². The molecule has 2 heterocycles. The van der Waals surface area contributed by atoms with Crippen molar-refractivity contribution in [3.63, 3.8) is 0 Å². The number of aromatic amines is 1. The summed E-state index contributed by atoms with van der Waals surface area (Å²) < 4.78 is 0. The third kappa shape index (κ3) is 1.54. The second kappa shape index (κ2) is 2.92. The summed E-state index contributed by atoms with van der Waals surface area (Å²) in [6.07, 6.45) is 5.79. The van der Waals surface area contributed by atoms with E-state index in [2.05, 4.69) is 32.2 Å². The molecule has 0 atom stereocenters. The van der Waals surface area contributed by atoms with Crippen LogP contribution in [-0.4, -0.2) is 26.5 Å². The van der Waals surface area contributed by atoms with Gasteiger partial charge in [-0.05, 0) is 18.3 Å². The fourth-order valence-electron chi connectivity index (χ4n) is 1.59. The maximum atomic E-state index is 4.22. The Kier molecular flexibility index (Phi) is 1.68. The number of aromatic nitrogens is 4. The van der Waals surface area contributed by atoms with Gasteiger partial charge in [0, 0.05) is 6.54 Å². The Hall–Kier alpha value is -1.65. The Morgan fingerprint density at radius 3 is 3.07 bits per heavy atom. The van der Waals surface area contributed by atoms with E-state index in [-0.39, 0.29) is 0 Å². The maximum Gasteiger partial charge on any atom is 0.182 e. The standard InChI is InChI=1S/C10H13N5/c1-10(2-3-10)4-11-8-7-9(13-5-12-7)15-6-14-8/h5-6H,2-4H2,1H3,(H2,11,12,13,14,15). The number of H-pyrrole nitrogens is 1. The van der Waals surface area contributed by atoms with Crippen LogP contribution in [0.4, 0.5) is 5.82 Å². The number of fused-ring (bicyclic) bond motifs is 1. The van der Waals surface area contributed by atoms with E-state index in [9.17, 15) is 0 Å². The summed E-state index contributed by atoms with van der Waals surface area (Å²) in [4.78, 5) is 15.4. The minimum absolute atomic E-state index is 0.470. The van der Waals surface area contributed by atoms with E-state index < -0.39 is 0 Å². The third-order valence-electron chi connectivity index (χ3n) is 3.01. The average molecular weight is 203 g/mol. The third-order valence-corrected chi connectivity index (χ3v) is 3.01. The maximum absolute atomic E-state index is 4.22. The van der Waals surface area contributed by atoms with Gasteiger partial charge in [-0.25, -0.2) is 15.0 Å². The predicted molar refractivity (Wildman–Crippen MR) is 57.5 cm³/mol. The van der Waals surface area contributed by atoms with Crippen molar-refractivity contribution >= 4 is 17.0 Å². The molecule has 2 N–H and O–H groups in total. The lowest BCUT2D eigenvalue weighted by Crippen LogP contribution is -2.13. The smallest absolute Gasteiger partial charge is 0.182 e. The van der Waals surface area contributed by atoms with Gasteiger partial charge in [-0.1, -0.05) is 6.92 Å². The van der Waals surface area contributed by atoms with Crippen LogP contribution < -0.4 is 5.32 Å². The predicted octanol–water partition coefficient (Wildman–Crippen LogP) is 1.56. The van der Waals surface area contributed by atoms with Crippen LogP contribution in [0.1, 0.15) is 19.8 Å². The van der Waals surface area contributed by atoms with E-state index in [0.29, 0.717) is 11.1 Å². The Morgan fingerprint density at radius 2 is 2.27 bits per heavy atom. The molecule has 78 valence electrons. The molecular formula is C10H13N5. The number of nitrogens with zero attached hydrogens (tertiary/aromatic N) is 3. The van der Waals surface area contributed by atoms with E-state index in [1.54, 1.807) is 12.7 Å². The second-order valence-corrected chi connectivity index (χ2v) is 4.49. The highest BCUT2D eigenvalue weighted by atomic mass is 15.1. The first kappa shape index (κ1) is 8.64. The number of hydrogen-bond donors (Lipinski definition) is 2. The fraction of sp³-hybridized carbons (Fsp3) is 0.500. The summed E-state index contributed by atoms with van der Waals surface area (Å²) >= 11 is 0. The van der Waals surface area contributed by atoms with Gasteiger partial charge in [0.05, 0.1) is 6.33 Å². The van der Waals surface area contributed by atoms with Gasteiger partial charge in [-0.3, -0.25) is 0 Å². The van der Waals surface area contributed by atoms with Gasteiger partial charge in [-0.15, -0.1) is 0 Å². The van der Waals surface area contributed by atoms with Crippen molar-refractivity contribution in [2.45, 2.75) is 19.8 Å². The number of anilines is 1. The Bertz CT molecular complexity index is 485. The molecule has 3 rings (SSSR count). The molecule has 1 aliphatic carbocycles. The molecule has 0 amide bonds. The SMILES string of the molecule is CC1(CNc2ncnc3nc[nH]c23)CC1. The molecular weight excluding hydrogens is 190 g/mol. The van der Waals surface area contributed by atoms with E-state index in [1.807, 2.05) is 0 Å². The number of imidazole rings is 1. The normalized spacial score (nSPS) is 17.9. The van der Waals surface area contributed by atoms with E-state index in [1.165, 1.54) is 12.8 Å². The zero-order valence-electron chi connectivity index (χ0n) is 8.62. The fourth-order valence-corrected chi connectivity index (χ4v) is 1.59. The lowest BCUT2D eigenvalue weighted by atomic mass is 10.1. The molecule has 0 spiro atoms. The first-order valence-corrected chi connectivity index (χ1v) is 5.15. The summed E-state index contributed by atoms with van der Waals surface area (Å²) in [7, 11) is 0. The minimum Gasteiger partial charge on any atom is -0.368 e. The van der Waals surface area contributed by atoms with Crippen LogP contribution in [0.3, 0.4) is 0 Å². The van der Waals surface area contributed by atoms with Crippen molar-refractivity contribution in [1.82, 2.24) is 19.9 Å². The van der Waals surface area contributed by atoms with Crippen LogP contribution in [0.2, 0.25) is 0 Å². The molecule has 2 aromatic heterocycles. The average Bonchev–Trinajstić information content (AvgIpc) is 2.80. The molecule has 0 saturated heterocycles. The molecule has 1 fully saturated rings. The van der Waals surface area contributed by atoms with Crippen molar-refractivity contribution in [3.05, 3.63) is 12.7 Å². The van der Waals surface area contributed by atoms with Gasteiger partial charge in [0.15, 0.2) is 11.5 Å². The lowest BCUT2D eigenvalue weighted by molar-refractivity contribution is 0.609. The number of nitrogens with one attached hydrogen (secondary N) is 2. The quantitative estimate of drug-likeness (QED) is 0.794. The molecule has 0 bridgehead atoms. The molecule has 15 heavy (non-hydrogen) atoms. The summed E-state index contributed by atoms with van der Waals surface area (Å²) in [5.41, 5.74) is 2.08. The largest absolute Gasteiger partial charge is 0.368 e. The van der Waals surface area contributed by atoms with Crippen LogP contribution in [0.5, 0.6) is 0 Å². The Balaban J connectivity index is 1.86. The van der Waals surface area contributed by atoms with E-state index in [4.69, 9.17) is 0 Å². The van der Waals surface area contributed by atoms with Crippen LogP contribution in [0.25, 0.3) is 11.2 Å². The first-order valence-electron chi connectivity index (χ1n) is 5.15. The van der Waals surface area contributed by atoms with Crippen molar-refractivity contribution in [3.8, 4) is 0 Å². The molecule has 0 unspecified atom stereocenters. The summed E-state index contributed by atoms with van der Waals surface area (Å²) in [5.74, 6) is 0.852. The van der Waals surface area contributed by atoms with Gasteiger partial charge in [0.2, 0.25) is 0 Å². The summed E-state index contributed by atoms with van der Waals surface area (Å²) in [6, 6.07) is 0. The molecule has 0 radical (unpaired) electrons. The summed E-state index contributed by atoms with van der Waals surface area (Å²) in [5, 5.41) is 3.35. The highest BCUT2D eigenvalue weighted by Crippen LogP contribution is 2.44. The molecule has 0 aliphatic heterocycles. The number of rotatable bonds is 3. The number of hydrogen-bond acceptors (Lipinski definition) is 4. The van der Waals surface area contributed by atoms with Crippen molar-refractivity contribution < 1.29 is 0 Å². The van der Waals surface area contributed by atoms with Gasteiger partial charge < -0.3 is 10.3 Å². The molecule has 1 saturated carbocycles. The van der Waals surface area contributed by atoms with Crippen LogP contribution in [-0.2, 0) is 0 Å². The van der Waals surface area contributed by atoms with Crippen molar-refractivity contribution in [2.24, 2.45) is 5.41 Å². The second-order valence-electron chi connectivity index (χ2n) is 4.49. The van der Waals surface area contributed by atoms with Gasteiger partial charge in [0.25, 0.3) is 0 Å². The Morgan fingerprint density at radius 1 is 1.40 bits per heavy atom. The zero-order chi connectivity index (χ0) is 10.3. The van der Waals surface area contributed by atoms with E-state index >= 15 is 0 Å². The van der Waals surface area contributed by atoms with Gasteiger partial charge in [-0.2, -0.15) is 0 Å². The highest BCUT2D eigenvalue weighted by molar-refractivity contribution is 5.81. The highest BCUT2D eigenvalue weighted by Gasteiger charge is 2.36. The lowest BCUT2D eigenvalue weighted by Gasteiger charge is -2.10. The minimum atomic E-state index is 0.470. The molecule has 2 aromatic rings. The van der Waals surface area contributed by atoms with Crippen LogP contribution in [0.15, 0.2) is 12.7 Å². The zero-order valence-corrected chi connectivity index (χ0v) is 8.62.